The first kappa shape index (κ1) is 12.9. The van der Waals surface area contributed by atoms with Crippen molar-refractivity contribution in [2.45, 2.75) is 32.7 Å². The first-order chi connectivity index (χ1) is 8.54. The third kappa shape index (κ3) is 2.21. The second-order valence-corrected chi connectivity index (χ2v) is 5.20. The number of hydrogen-bond acceptors (Lipinski definition) is 4. The van der Waals surface area contributed by atoms with Crippen LogP contribution in [0, 0.1) is 24.2 Å². The van der Waals surface area contributed by atoms with Gasteiger partial charge in [-0.05, 0) is 32.6 Å². The van der Waals surface area contributed by atoms with Crippen LogP contribution in [0.3, 0.4) is 0 Å². The average Bonchev–Trinajstić information content (AvgIpc) is 2.63. The van der Waals surface area contributed by atoms with Crippen LogP contribution in [-0.4, -0.2) is 28.9 Å². The van der Waals surface area contributed by atoms with E-state index in [-0.39, 0.29) is 6.04 Å². The molecule has 1 fully saturated rings. The van der Waals surface area contributed by atoms with E-state index in [4.69, 9.17) is 5.73 Å². The van der Waals surface area contributed by atoms with E-state index in [9.17, 15) is 5.26 Å². The van der Waals surface area contributed by atoms with Crippen molar-refractivity contribution >= 4 is 5.82 Å². The van der Waals surface area contributed by atoms with Gasteiger partial charge < -0.3 is 10.6 Å². The van der Waals surface area contributed by atoms with Crippen LogP contribution in [0.15, 0.2) is 0 Å². The van der Waals surface area contributed by atoms with E-state index in [1.807, 2.05) is 18.7 Å². The molecule has 0 aromatic carbocycles. The lowest BCUT2D eigenvalue weighted by Gasteiger charge is -2.35. The summed E-state index contributed by atoms with van der Waals surface area (Å²) in [7, 11) is 1.90. The maximum Gasteiger partial charge on any atom is 0.144 e. The topological polar surface area (TPSA) is 70.9 Å². The Hall–Kier alpha value is -1.54. The Kier molecular flexibility index (Phi) is 3.58. The van der Waals surface area contributed by atoms with Gasteiger partial charge in [0.2, 0.25) is 0 Å². The van der Waals surface area contributed by atoms with Crippen molar-refractivity contribution in [3.8, 4) is 6.07 Å². The molecule has 0 aliphatic carbocycles. The summed E-state index contributed by atoms with van der Waals surface area (Å²) in [5, 5.41) is 13.6. The highest BCUT2D eigenvalue weighted by atomic mass is 15.4. The lowest BCUT2D eigenvalue weighted by molar-refractivity contribution is 0.352. The molecule has 5 nitrogen and oxygen atoms in total. The van der Waals surface area contributed by atoms with Crippen LogP contribution >= 0.6 is 0 Å². The molecule has 2 N–H and O–H groups in total. The van der Waals surface area contributed by atoms with Crippen LogP contribution in [-0.2, 0) is 7.05 Å². The lowest BCUT2D eigenvalue weighted by atomic mass is 9.91. The fourth-order valence-electron chi connectivity index (χ4n) is 2.78. The normalized spacial score (nSPS) is 18.7. The highest BCUT2D eigenvalue weighted by Crippen LogP contribution is 2.28. The maximum atomic E-state index is 9.23. The van der Waals surface area contributed by atoms with Crippen molar-refractivity contribution in [2.75, 3.05) is 18.0 Å². The molecule has 5 heteroatoms. The summed E-state index contributed by atoms with van der Waals surface area (Å²) < 4.78 is 1.82. The first-order valence-corrected chi connectivity index (χ1v) is 6.48. The largest absolute Gasteiger partial charge is 0.356 e. The van der Waals surface area contributed by atoms with E-state index >= 15 is 0 Å². The van der Waals surface area contributed by atoms with Crippen LogP contribution in [0.4, 0.5) is 5.82 Å². The number of aromatic nitrogens is 2. The molecular weight excluding hydrogens is 226 g/mol. The number of aryl methyl sites for hydroxylation is 2. The molecule has 1 saturated heterocycles. The van der Waals surface area contributed by atoms with Gasteiger partial charge in [-0.3, -0.25) is 4.68 Å². The molecule has 18 heavy (non-hydrogen) atoms. The van der Waals surface area contributed by atoms with E-state index in [0.29, 0.717) is 11.5 Å². The van der Waals surface area contributed by atoms with Crippen molar-refractivity contribution in [1.82, 2.24) is 9.78 Å². The minimum atomic E-state index is 0.260. The molecule has 2 rings (SSSR count). The Morgan fingerprint density at radius 3 is 2.56 bits per heavy atom. The molecule has 1 unspecified atom stereocenters. The van der Waals surface area contributed by atoms with Gasteiger partial charge in [0.05, 0.1) is 5.69 Å². The molecular formula is C13H21N5. The maximum absolute atomic E-state index is 9.23. The average molecular weight is 247 g/mol. The Morgan fingerprint density at radius 1 is 1.44 bits per heavy atom. The van der Waals surface area contributed by atoms with Crippen LogP contribution in [0.2, 0.25) is 0 Å². The first-order valence-electron chi connectivity index (χ1n) is 6.48. The Morgan fingerprint density at radius 2 is 2.06 bits per heavy atom. The molecule has 1 aliphatic rings. The van der Waals surface area contributed by atoms with Crippen LogP contribution < -0.4 is 10.6 Å². The van der Waals surface area contributed by atoms with E-state index in [1.54, 1.807) is 0 Å². The zero-order valence-electron chi connectivity index (χ0n) is 11.3. The zero-order valence-corrected chi connectivity index (χ0v) is 11.3. The lowest BCUT2D eigenvalue weighted by Crippen LogP contribution is -2.40. The molecule has 0 spiro atoms. The smallest absolute Gasteiger partial charge is 0.144 e. The van der Waals surface area contributed by atoms with E-state index in [1.165, 1.54) is 0 Å². The third-order valence-corrected chi connectivity index (χ3v) is 3.89. The molecule has 1 aromatic heterocycles. The summed E-state index contributed by atoms with van der Waals surface area (Å²) in [5.41, 5.74) is 7.47. The van der Waals surface area contributed by atoms with Gasteiger partial charge in [-0.25, -0.2) is 0 Å². The van der Waals surface area contributed by atoms with Crippen LogP contribution in [0.25, 0.3) is 0 Å². The summed E-state index contributed by atoms with van der Waals surface area (Å²) in [6, 6.07) is 2.53. The van der Waals surface area contributed by atoms with Crippen LogP contribution in [0.5, 0.6) is 0 Å². The molecule has 0 saturated carbocycles. The minimum Gasteiger partial charge on any atom is -0.356 e. The van der Waals surface area contributed by atoms with Gasteiger partial charge in [-0.2, -0.15) is 10.4 Å². The molecule has 0 amide bonds. The Bertz CT molecular complexity index is 460. The van der Waals surface area contributed by atoms with Crippen molar-refractivity contribution in [3.63, 3.8) is 0 Å². The highest BCUT2D eigenvalue weighted by Gasteiger charge is 2.26. The van der Waals surface area contributed by atoms with Gasteiger partial charge in [-0.1, -0.05) is 0 Å². The summed E-state index contributed by atoms with van der Waals surface area (Å²) in [6.45, 7) is 5.88. The predicted octanol–water partition coefficient (Wildman–Crippen LogP) is 1.16. The van der Waals surface area contributed by atoms with Gasteiger partial charge in [-0.15, -0.1) is 0 Å². The molecule has 2 heterocycles. The quantitative estimate of drug-likeness (QED) is 0.851. The Balaban J connectivity index is 2.18. The molecule has 98 valence electrons. The minimum absolute atomic E-state index is 0.260. The van der Waals surface area contributed by atoms with Gasteiger partial charge in [0.15, 0.2) is 0 Å². The van der Waals surface area contributed by atoms with Gasteiger partial charge in [0, 0.05) is 26.2 Å². The number of nitrogens with two attached hydrogens (primary N) is 1. The number of hydrogen-bond donors (Lipinski definition) is 1. The van der Waals surface area contributed by atoms with Crippen molar-refractivity contribution in [1.29, 1.82) is 5.26 Å². The van der Waals surface area contributed by atoms with Crippen molar-refractivity contribution in [2.24, 2.45) is 18.7 Å². The van der Waals surface area contributed by atoms with E-state index in [2.05, 4.69) is 23.0 Å². The monoisotopic (exact) mass is 247 g/mol. The van der Waals surface area contributed by atoms with Gasteiger partial charge >= 0.3 is 0 Å². The van der Waals surface area contributed by atoms with E-state index < -0.39 is 0 Å². The SMILES string of the molecule is Cc1nn(C)c(N2CCC(C(C)N)CC2)c1C#N. The predicted molar refractivity (Wildman–Crippen MR) is 71.2 cm³/mol. The zero-order chi connectivity index (χ0) is 13.3. The number of nitrogens with zero attached hydrogens (tertiary/aromatic N) is 4. The molecule has 0 radical (unpaired) electrons. The second-order valence-electron chi connectivity index (χ2n) is 5.20. The number of nitriles is 1. The second kappa shape index (κ2) is 4.99. The summed E-state index contributed by atoms with van der Waals surface area (Å²) in [5.74, 6) is 1.55. The number of piperidine rings is 1. The third-order valence-electron chi connectivity index (χ3n) is 3.89. The summed E-state index contributed by atoms with van der Waals surface area (Å²) in [6.07, 6.45) is 2.18. The van der Waals surface area contributed by atoms with Gasteiger partial charge in [0.1, 0.15) is 17.5 Å². The molecule has 1 atom stereocenters. The van der Waals surface area contributed by atoms with Crippen molar-refractivity contribution in [3.05, 3.63) is 11.3 Å². The van der Waals surface area contributed by atoms with Crippen molar-refractivity contribution < 1.29 is 0 Å². The summed E-state index contributed by atoms with van der Waals surface area (Å²) in [4.78, 5) is 2.26. The molecule has 1 aliphatic heterocycles. The van der Waals surface area contributed by atoms with E-state index in [0.717, 1.165) is 37.4 Å². The molecule has 0 bridgehead atoms. The fraction of sp³-hybridized carbons (Fsp3) is 0.692. The summed E-state index contributed by atoms with van der Waals surface area (Å²) >= 11 is 0. The van der Waals surface area contributed by atoms with Gasteiger partial charge in [0.25, 0.3) is 0 Å². The number of rotatable bonds is 2. The molecule has 1 aromatic rings. The van der Waals surface area contributed by atoms with Crippen LogP contribution in [0.1, 0.15) is 31.0 Å². The Labute approximate surface area is 108 Å². The highest BCUT2D eigenvalue weighted by molar-refractivity contribution is 5.57. The number of anilines is 1. The fourth-order valence-corrected chi connectivity index (χ4v) is 2.78. The standard InChI is InChI=1S/C13H21N5/c1-9(15)11-4-6-18(7-5-11)13-12(8-14)10(2)16-17(13)3/h9,11H,4-7,15H2,1-3H3.